The molecular weight excluding hydrogens is 356 g/mol. The molecule has 2 heterocycles. The van der Waals surface area contributed by atoms with Gasteiger partial charge >= 0.3 is 6.09 Å². The summed E-state index contributed by atoms with van der Waals surface area (Å²) in [4.78, 5) is 16.6. The fourth-order valence-electron chi connectivity index (χ4n) is 4.02. The van der Waals surface area contributed by atoms with Gasteiger partial charge in [0.2, 0.25) is 0 Å². The number of hydrogen-bond donors (Lipinski definition) is 1. The van der Waals surface area contributed by atoms with Crippen molar-refractivity contribution in [3.05, 3.63) is 22.8 Å². The fourth-order valence-corrected chi connectivity index (χ4v) is 4.02. The van der Waals surface area contributed by atoms with Crippen LogP contribution >= 0.6 is 0 Å². The van der Waals surface area contributed by atoms with Crippen molar-refractivity contribution < 1.29 is 19.4 Å². The van der Waals surface area contributed by atoms with Crippen LogP contribution in [-0.4, -0.2) is 60.6 Å². The van der Waals surface area contributed by atoms with Crippen LogP contribution in [0.4, 0.5) is 10.5 Å². The van der Waals surface area contributed by atoms with Crippen molar-refractivity contribution in [2.45, 2.75) is 65.6 Å². The third-order valence-corrected chi connectivity index (χ3v) is 5.51. The Balaban J connectivity index is 1.84. The van der Waals surface area contributed by atoms with Crippen LogP contribution in [0.15, 0.2) is 6.07 Å². The summed E-state index contributed by atoms with van der Waals surface area (Å²) < 4.78 is 11.5. The van der Waals surface area contributed by atoms with Gasteiger partial charge in [-0.3, -0.25) is 0 Å². The molecule has 1 aromatic rings. The molecular formula is C22H34N2O4. The molecule has 6 nitrogen and oxygen atoms in total. The zero-order valence-corrected chi connectivity index (χ0v) is 17.9. The van der Waals surface area contributed by atoms with Gasteiger partial charge in [-0.25, -0.2) is 4.79 Å². The number of aliphatic hydroxyl groups is 1. The fraction of sp³-hybridized carbons (Fsp3) is 0.682. The van der Waals surface area contributed by atoms with Crippen molar-refractivity contribution in [1.29, 1.82) is 0 Å². The van der Waals surface area contributed by atoms with Crippen LogP contribution in [0.3, 0.4) is 0 Å². The molecule has 1 atom stereocenters. The first-order chi connectivity index (χ1) is 13.2. The number of hydrogen-bond acceptors (Lipinski definition) is 5. The number of fused-ring (bicyclic) bond motifs is 2. The average molecular weight is 391 g/mol. The second kappa shape index (κ2) is 8.19. The van der Waals surface area contributed by atoms with Gasteiger partial charge in [0, 0.05) is 19.6 Å². The summed E-state index contributed by atoms with van der Waals surface area (Å²) in [7, 11) is 0. The van der Waals surface area contributed by atoms with E-state index in [2.05, 4.69) is 17.9 Å². The van der Waals surface area contributed by atoms with E-state index in [0.29, 0.717) is 26.2 Å². The van der Waals surface area contributed by atoms with Crippen molar-refractivity contribution in [3.8, 4) is 5.75 Å². The van der Waals surface area contributed by atoms with Gasteiger partial charge in [-0.2, -0.15) is 0 Å². The molecule has 2 aliphatic heterocycles. The lowest BCUT2D eigenvalue weighted by Crippen LogP contribution is -2.39. The number of rotatable bonds is 3. The van der Waals surface area contributed by atoms with Crippen LogP contribution in [-0.2, 0) is 17.6 Å². The molecule has 6 heteroatoms. The number of ether oxygens (including phenoxy) is 2. The van der Waals surface area contributed by atoms with Gasteiger partial charge in [-0.15, -0.1) is 0 Å². The highest BCUT2D eigenvalue weighted by molar-refractivity contribution is 5.71. The molecule has 1 amide bonds. The highest BCUT2D eigenvalue weighted by Crippen LogP contribution is 2.40. The van der Waals surface area contributed by atoms with Crippen molar-refractivity contribution in [3.63, 3.8) is 0 Å². The Labute approximate surface area is 168 Å². The van der Waals surface area contributed by atoms with Gasteiger partial charge in [0.1, 0.15) is 18.0 Å². The number of anilines is 1. The van der Waals surface area contributed by atoms with E-state index in [1.54, 1.807) is 0 Å². The van der Waals surface area contributed by atoms with E-state index in [9.17, 15) is 9.90 Å². The van der Waals surface area contributed by atoms with Crippen LogP contribution in [0.5, 0.6) is 5.75 Å². The number of amides is 1. The Morgan fingerprint density at radius 1 is 1.29 bits per heavy atom. The van der Waals surface area contributed by atoms with Gasteiger partial charge < -0.3 is 24.4 Å². The summed E-state index contributed by atoms with van der Waals surface area (Å²) in [6.07, 6.45) is 1.75. The van der Waals surface area contributed by atoms with E-state index >= 15 is 0 Å². The summed E-state index contributed by atoms with van der Waals surface area (Å²) in [5.74, 6) is 0.900. The molecule has 0 aromatic heterocycles. The van der Waals surface area contributed by atoms with E-state index in [1.165, 1.54) is 16.7 Å². The largest absolute Gasteiger partial charge is 0.490 e. The summed E-state index contributed by atoms with van der Waals surface area (Å²) in [6.45, 7) is 13.2. The first kappa shape index (κ1) is 20.8. The summed E-state index contributed by atoms with van der Waals surface area (Å²) in [5.41, 5.74) is 4.37. The topological polar surface area (TPSA) is 62.2 Å². The second-order valence-electron chi connectivity index (χ2n) is 8.81. The number of β-amino-alcohol motifs (C(OH)–C–C–N with tert-alkyl or cyclic N) is 1. The molecule has 1 N–H and O–H groups in total. The van der Waals surface area contributed by atoms with Crippen molar-refractivity contribution in [2.75, 3.05) is 37.7 Å². The minimum Gasteiger partial charge on any atom is -0.490 e. The maximum atomic E-state index is 12.5. The lowest BCUT2D eigenvalue weighted by Gasteiger charge is -2.35. The molecule has 156 valence electrons. The zero-order valence-electron chi connectivity index (χ0n) is 17.9. The lowest BCUT2D eigenvalue weighted by molar-refractivity contribution is 0.0258. The minimum atomic E-state index is -0.486. The molecule has 0 spiro atoms. The second-order valence-corrected chi connectivity index (χ2v) is 8.81. The van der Waals surface area contributed by atoms with E-state index in [-0.39, 0.29) is 12.2 Å². The highest BCUT2D eigenvalue weighted by atomic mass is 16.6. The molecule has 2 aliphatic rings. The van der Waals surface area contributed by atoms with E-state index in [1.807, 2.05) is 32.6 Å². The molecule has 28 heavy (non-hydrogen) atoms. The molecule has 0 radical (unpaired) electrons. The SMILES string of the molecule is CC[C@@H](O)CN1CCOc2cc3c(c(C)c21)CCN(C(=O)OC(C)(C)C)CC3. The summed E-state index contributed by atoms with van der Waals surface area (Å²) in [6, 6.07) is 2.14. The number of nitrogens with zero attached hydrogens (tertiary/aromatic N) is 2. The van der Waals surface area contributed by atoms with Crippen molar-refractivity contribution in [2.24, 2.45) is 0 Å². The predicted octanol–water partition coefficient (Wildman–Crippen LogP) is 3.30. The maximum absolute atomic E-state index is 12.5. The number of aliphatic hydroxyl groups excluding tert-OH is 1. The third-order valence-electron chi connectivity index (χ3n) is 5.51. The molecule has 0 unspecified atom stereocenters. The first-order valence-corrected chi connectivity index (χ1v) is 10.4. The molecule has 1 aromatic carbocycles. The number of benzene rings is 1. The molecule has 3 rings (SSSR count). The van der Waals surface area contributed by atoms with Crippen LogP contribution in [0.2, 0.25) is 0 Å². The smallest absolute Gasteiger partial charge is 0.410 e. The molecule has 0 aliphatic carbocycles. The van der Waals surface area contributed by atoms with Gasteiger partial charge in [0.15, 0.2) is 0 Å². The Morgan fingerprint density at radius 2 is 2.00 bits per heavy atom. The van der Waals surface area contributed by atoms with E-state index in [4.69, 9.17) is 9.47 Å². The molecule has 0 fully saturated rings. The quantitative estimate of drug-likeness (QED) is 0.858. The minimum absolute atomic E-state index is 0.244. The van der Waals surface area contributed by atoms with Gasteiger partial charge in [0.05, 0.1) is 18.3 Å². The normalized spacial score (nSPS) is 17.9. The molecule has 0 bridgehead atoms. The summed E-state index contributed by atoms with van der Waals surface area (Å²) in [5, 5.41) is 10.2. The standard InChI is InChI=1S/C22H34N2O4/c1-6-17(25)14-24-11-12-27-19-13-16-7-9-23(21(26)28-22(3,4)5)10-8-18(16)15(2)20(19)24/h13,17,25H,6-12,14H2,1-5H3/t17-/m1/s1. The van der Waals surface area contributed by atoms with Crippen LogP contribution in [0.25, 0.3) is 0 Å². The Bertz CT molecular complexity index is 726. The van der Waals surface area contributed by atoms with E-state index < -0.39 is 5.60 Å². The van der Waals surface area contributed by atoms with Gasteiger partial charge in [-0.1, -0.05) is 6.92 Å². The number of carbonyl (C=O) groups excluding carboxylic acids is 1. The predicted molar refractivity (Wildman–Crippen MR) is 110 cm³/mol. The molecule has 0 saturated heterocycles. The van der Waals surface area contributed by atoms with Crippen LogP contribution in [0.1, 0.15) is 50.8 Å². The van der Waals surface area contributed by atoms with E-state index in [0.717, 1.165) is 37.2 Å². The van der Waals surface area contributed by atoms with Gasteiger partial charge in [-0.05, 0) is 69.7 Å². The molecule has 0 saturated carbocycles. The number of carbonyl (C=O) groups is 1. The highest BCUT2D eigenvalue weighted by Gasteiger charge is 2.29. The Kier molecular flexibility index (Phi) is 6.08. The average Bonchev–Trinajstić information content (AvgIpc) is 2.83. The Morgan fingerprint density at radius 3 is 2.68 bits per heavy atom. The van der Waals surface area contributed by atoms with Crippen LogP contribution < -0.4 is 9.64 Å². The van der Waals surface area contributed by atoms with Gasteiger partial charge in [0.25, 0.3) is 0 Å². The van der Waals surface area contributed by atoms with Crippen molar-refractivity contribution in [1.82, 2.24) is 4.90 Å². The Hall–Kier alpha value is -1.95. The zero-order chi connectivity index (χ0) is 20.5. The monoisotopic (exact) mass is 390 g/mol. The van der Waals surface area contributed by atoms with Crippen molar-refractivity contribution >= 4 is 11.8 Å². The lowest BCUT2D eigenvalue weighted by atomic mass is 9.94. The third kappa shape index (κ3) is 4.54. The first-order valence-electron chi connectivity index (χ1n) is 10.4. The summed E-state index contributed by atoms with van der Waals surface area (Å²) >= 11 is 0. The maximum Gasteiger partial charge on any atom is 0.410 e. The van der Waals surface area contributed by atoms with Crippen LogP contribution in [0, 0.1) is 6.92 Å².